The number of aryl methyl sites for hydroxylation is 1. The first-order valence-electron chi connectivity index (χ1n) is 10.7. The summed E-state index contributed by atoms with van der Waals surface area (Å²) in [6, 6.07) is 14.8. The van der Waals surface area contributed by atoms with E-state index in [0.29, 0.717) is 42.1 Å². The lowest BCUT2D eigenvalue weighted by atomic mass is 10.0. The smallest absolute Gasteiger partial charge is 0.321 e. The molecule has 0 aliphatic carbocycles. The SMILES string of the molecule is Cc1cc(NC(=O)N[C@@H]2CCCN(c3ccc(-c4ccccc4)c(NS(C)(=O)=O)c3)C2=O)no1. The Hall–Kier alpha value is -3.86. The number of hydrogen-bond acceptors (Lipinski definition) is 6. The number of urea groups is 1. The van der Waals surface area contributed by atoms with Gasteiger partial charge in [0.25, 0.3) is 0 Å². The molecular formula is C23H25N5O5S. The summed E-state index contributed by atoms with van der Waals surface area (Å²) in [7, 11) is -3.56. The van der Waals surface area contributed by atoms with E-state index in [4.69, 9.17) is 4.52 Å². The Morgan fingerprint density at radius 2 is 1.91 bits per heavy atom. The first kappa shape index (κ1) is 23.3. The van der Waals surface area contributed by atoms with Gasteiger partial charge in [0.2, 0.25) is 15.9 Å². The first-order chi connectivity index (χ1) is 16.2. The van der Waals surface area contributed by atoms with Gasteiger partial charge in [-0.1, -0.05) is 41.6 Å². The van der Waals surface area contributed by atoms with Crippen LogP contribution in [0.4, 0.5) is 22.0 Å². The van der Waals surface area contributed by atoms with E-state index in [2.05, 4.69) is 20.5 Å². The van der Waals surface area contributed by atoms with Crippen LogP contribution in [0.25, 0.3) is 11.1 Å². The maximum Gasteiger partial charge on any atom is 0.321 e. The number of anilines is 3. The topological polar surface area (TPSA) is 134 Å². The van der Waals surface area contributed by atoms with Crippen LogP contribution in [0.15, 0.2) is 59.1 Å². The van der Waals surface area contributed by atoms with E-state index in [1.807, 2.05) is 30.3 Å². The van der Waals surface area contributed by atoms with Gasteiger partial charge in [0.15, 0.2) is 5.82 Å². The standard InChI is InChI=1S/C23H25N5O5S/c1-15-13-21(26-33-15)25-23(30)24-19-9-6-12-28(22(19)29)17-10-11-18(16-7-4-3-5-8-16)20(14-17)27-34(2,31)32/h3-5,7-8,10-11,13-14,19,27H,6,9,12H2,1-2H3,(H2,24,25,26,30)/t19-/m1/s1. The van der Waals surface area contributed by atoms with Crippen LogP contribution in [0.5, 0.6) is 0 Å². The molecule has 0 unspecified atom stereocenters. The highest BCUT2D eigenvalue weighted by Crippen LogP contribution is 2.33. The van der Waals surface area contributed by atoms with Crippen molar-refractivity contribution in [2.45, 2.75) is 25.8 Å². The molecule has 3 amide bonds. The van der Waals surface area contributed by atoms with E-state index in [1.165, 1.54) is 0 Å². The Kier molecular flexibility index (Phi) is 6.55. The van der Waals surface area contributed by atoms with E-state index >= 15 is 0 Å². The molecule has 11 heteroatoms. The third-order valence-corrected chi connectivity index (χ3v) is 5.90. The van der Waals surface area contributed by atoms with Crippen molar-refractivity contribution in [2.75, 3.05) is 27.7 Å². The van der Waals surface area contributed by atoms with Crippen LogP contribution in [0.1, 0.15) is 18.6 Å². The molecule has 34 heavy (non-hydrogen) atoms. The van der Waals surface area contributed by atoms with Crippen LogP contribution in [-0.2, 0) is 14.8 Å². The molecule has 3 aromatic rings. The fourth-order valence-electron chi connectivity index (χ4n) is 3.86. The number of benzene rings is 2. The average Bonchev–Trinajstić information content (AvgIpc) is 3.19. The molecular weight excluding hydrogens is 458 g/mol. The molecule has 0 saturated carbocycles. The number of rotatable bonds is 6. The highest BCUT2D eigenvalue weighted by Gasteiger charge is 2.31. The third-order valence-electron chi connectivity index (χ3n) is 5.31. The number of amides is 3. The summed E-state index contributed by atoms with van der Waals surface area (Å²) in [6.07, 6.45) is 2.22. The molecule has 10 nitrogen and oxygen atoms in total. The summed E-state index contributed by atoms with van der Waals surface area (Å²) in [5.74, 6) is 0.520. The van der Waals surface area contributed by atoms with Crippen molar-refractivity contribution in [3.05, 3.63) is 60.4 Å². The second-order valence-corrected chi connectivity index (χ2v) is 9.82. The highest BCUT2D eigenvalue weighted by molar-refractivity contribution is 7.92. The number of aromatic nitrogens is 1. The first-order valence-corrected chi connectivity index (χ1v) is 12.6. The lowest BCUT2D eigenvalue weighted by molar-refractivity contribution is -0.121. The second kappa shape index (κ2) is 9.56. The fraction of sp³-hybridized carbons (Fsp3) is 0.261. The Balaban J connectivity index is 1.56. The summed E-state index contributed by atoms with van der Waals surface area (Å²) < 4.78 is 31.5. The summed E-state index contributed by atoms with van der Waals surface area (Å²) in [6.45, 7) is 2.15. The summed E-state index contributed by atoms with van der Waals surface area (Å²) >= 11 is 0. The second-order valence-electron chi connectivity index (χ2n) is 8.08. The number of carbonyl (C=O) groups excluding carboxylic acids is 2. The molecule has 0 bridgehead atoms. The number of carbonyl (C=O) groups is 2. The molecule has 1 aromatic heterocycles. The van der Waals surface area contributed by atoms with Crippen molar-refractivity contribution in [3.63, 3.8) is 0 Å². The normalized spacial score (nSPS) is 16.2. The van der Waals surface area contributed by atoms with Crippen LogP contribution in [0, 0.1) is 6.92 Å². The van der Waals surface area contributed by atoms with Gasteiger partial charge in [0, 0.05) is 23.9 Å². The van der Waals surface area contributed by atoms with Gasteiger partial charge in [-0.2, -0.15) is 0 Å². The number of hydrogen-bond donors (Lipinski definition) is 3. The summed E-state index contributed by atoms with van der Waals surface area (Å²) in [5.41, 5.74) is 2.43. The van der Waals surface area contributed by atoms with Gasteiger partial charge >= 0.3 is 6.03 Å². The highest BCUT2D eigenvalue weighted by atomic mass is 32.2. The van der Waals surface area contributed by atoms with E-state index in [9.17, 15) is 18.0 Å². The average molecular weight is 484 g/mol. The lowest BCUT2D eigenvalue weighted by Crippen LogP contribution is -2.53. The van der Waals surface area contributed by atoms with Gasteiger partial charge in [-0.05, 0) is 37.5 Å². The van der Waals surface area contributed by atoms with E-state index in [-0.39, 0.29) is 11.7 Å². The van der Waals surface area contributed by atoms with Crippen LogP contribution >= 0.6 is 0 Å². The molecule has 1 aliphatic heterocycles. The van der Waals surface area contributed by atoms with Gasteiger partial charge in [-0.25, -0.2) is 13.2 Å². The van der Waals surface area contributed by atoms with E-state index in [1.54, 1.807) is 36.1 Å². The Morgan fingerprint density at radius 1 is 1.15 bits per heavy atom. The van der Waals surface area contributed by atoms with Gasteiger partial charge in [-0.3, -0.25) is 14.8 Å². The largest absolute Gasteiger partial charge is 0.360 e. The number of nitrogens with one attached hydrogen (secondary N) is 3. The Morgan fingerprint density at radius 3 is 2.59 bits per heavy atom. The zero-order chi connectivity index (χ0) is 24.3. The maximum atomic E-state index is 13.2. The molecule has 1 atom stereocenters. The lowest BCUT2D eigenvalue weighted by Gasteiger charge is -2.33. The zero-order valence-electron chi connectivity index (χ0n) is 18.7. The molecule has 1 saturated heterocycles. The predicted octanol–water partition coefficient (Wildman–Crippen LogP) is 3.34. The number of sulfonamides is 1. The minimum Gasteiger partial charge on any atom is -0.360 e. The molecule has 2 heterocycles. The minimum atomic E-state index is -3.56. The predicted molar refractivity (Wildman–Crippen MR) is 129 cm³/mol. The van der Waals surface area contributed by atoms with Crippen LogP contribution in [0.3, 0.4) is 0 Å². The van der Waals surface area contributed by atoms with Crippen molar-refractivity contribution in [1.29, 1.82) is 0 Å². The van der Waals surface area contributed by atoms with Crippen molar-refractivity contribution in [1.82, 2.24) is 10.5 Å². The third kappa shape index (κ3) is 5.54. The zero-order valence-corrected chi connectivity index (χ0v) is 19.6. The van der Waals surface area contributed by atoms with Crippen molar-refractivity contribution < 1.29 is 22.5 Å². The van der Waals surface area contributed by atoms with Crippen molar-refractivity contribution in [3.8, 4) is 11.1 Å². The van der Waals surface area contributed by atoms with Crippen LogP contribution in [-0.4, -0.2) is 44.4 Å². The molecule has 3 N–H and O–H groups in total. The minimum absolute atomic E-state index is 0.253. The van der Waals surface area contributed by atoms with Crippen LogP contribution in [0.2, 0.25) is 0 Å². The molecule has 0 radical (unpaired) electrons. The van der Waals surface area contributed by atoms with E-state index < -0.39 is 22.1 Å². The van der Waals surface area contributed by atoms with Gasteiger partial charge in [0.1, 0.15) is 11.8 Å². The number of nitrogens with zero attached hydrogens (tertiary/aromatic N) is 2. The molecule has 4 rings (SSSR count). The van der Waals surface area contributed by atoms with Gasteiger partial charge < -0.3 is 14.7 Å². The van der Waals surface area contributed by atoms with Crippen LogP contribution < -0.4 is 20.3 Å². The maximum absolute atomic E-state index is 13.2. The Labute approximate surface area is 197 Å². The number of piperidine rings is 1. The molecule has 0 spiro atoms. The summed E-state index contributed by atoms with van der Waals surface area (Å²) in [4.78, 5) is 27.1. The van der Waals surface area contributed by atoms with Gasteiger partial charge in [-0.15, -0.1) is 0 Å². The van der Waals surface area contributed by atoms with Gasteiger partial charge in [0.05, 0.1) is 11.9 Å². The monoisotopic (exact) mass is 483 g/mol. The fourth-order valence-corrected chi connectivity index (χ4v) is 4.42. The molecule has 1 aliphatic rings. The quantitative estimate of drug-likeness (QED) is 0.492. The summed E-state index contributed by atoms with van der Waals surface area (Å²) in [5, 5.41) is 8.93. The van der Waals surface area contributed by atoms with Crippen molar-refractivity contribution in [2.24, 2.45) is 0 Å². The van der Waals surface area contributed by atoms with E-state index in [0.717, 1.165) is 11.8 Å². The van der Waals surface area contributed by atoms with Crippen molar-refractivity contribution >= 4 is 39.2 Å². The molecule has 178 valence electrons. The Bertz CT molecular complexity index is 1310. The molecule has 1 fully saturated rings. The molecule has 2 aromatic carbocycles.